The maximum absolute atomic E-state index is 14.6. The number of hydrogen-bond donors (Lipinski definition) is 0. The fourth-order valence-corrected chi connectivity index (χ4v) is 5.75. The lowest BCUT2D eigenvalue weighted by Crippen LogP contribution is -2.59. The maximum atomic E-state index is 14.6. The number of thioether (sulfide) groups is 1. The predicted molar refractivity (Wildman–Crippen MR) is 152 cm³/mol. The van der Waals surface area contributed by atoms with Crippen LogP contribution < -0.4 is 0 Å². The van der Waals surface area contributed by atoms with Crippen LogP contribution in [0.4, 0.5) is 4.39 Å². The monoisotopic (exact) mass is 544 g/mol. The third kappa shape index (κ3) is 7.78. The molecule has 39 heavy (non-hydrogen) atoms. The molecule has 1 fully saturated rings. The fourth-order valence-electron chi connectivity index (χ4n) is 4.60. The minimum Gasteiger partial charge on any atom is -0.368 e. The van der Waals surface area contributed by atoms with Crippen molar-refractivity contribution in [2.45, 2.75) is 54.6 Å². The first-order chi connectivity index (χ1) is 19.3. The third-order valence-corrected chi connectivity index (χ3v) is 7.75. The highest BCUT2D eigenvalue weighted by molar-refractivity contribution is 7.99. The van der Waals surface area contributed by atoms with Gasteiger partial charge >= 0.3 is 0 Å². The van der Waals surface area contributed by atoms with E-state index in [0.717, 1.165) is 21.6 Å². The van der Waals surface area contributed by atoms with E-state index in [4.69, 9.17) is 18.9 Å². The molecule has 1 aliphatic rings. The molecule has 0 aromatic heterocycles. The van der Waals surface area contributed by atoms with Gasteiger partial charge in [-0.2, -0.15) is 0 Å². The molecule has 4 nitrogen and oxygen atoms in total. The Bertz CT molecular complexity index is 1230. The van der Waals surface area contributed by atoms with Crippen molar-refractivity contribution in [2.75, 3.05) is 6.67 Å². The zero-order chi connectivity index (χ0) is 26.7. The molecule has 5 atom stereocenters. The Kier molecular flexibility index (Phi) is 10.2. The molecular weight excluding hydrogens is 511 g/mol. The maximum Gasteiger partial charge on any atom is 0.137 e. The molecule has 202 valence electrons. The number of halogens is 1. The Hall–Kier alpha value is -3.00. The van der Waals surface area contributed by atoms with E-state index in [1.165, 1.54) is 11.8 Å². The van der Waals surface area contributed by atoms with Crippen molar-refractivity contribution < 1.29 is 23.3 Å². The molecule has 0 aliphatic carbocycles. The van der Waals surface area contributed by atoms with Crippen molar-refractivity contribution in [1.29, 1.82) is 0 Å². The van der Waals surface area contributed by atoms with E-state index in [1.54, 1.807) is 0 Å². The molecule has 4 aromatic rings. The van der Waals surface area contributed by atoms with Gasteiger partial charge in [0.05, 0.1) is 19.8 Å². The van der Waals surface area contributed by atoms with Gasteiger partial charge in [0.25, 0.3) is 0 Å². The first-order valence-electron chi connectivity index (χ1n) is 13.2. The fraction of sp³-hybridized carbons (Fsp3) is 0.273. The van der Waals surface area contributed by atoms with Crippen molar-refractivity contribution in [3.63, 3.8) is 0 Å². The van der Waals surface area contributed by atoms with Crippen LogP contribution in [0.1, 0.15) is 16.7 Å². The number of rotatable bonds is 12. The average molecular weight is 545 g/mol. The van der Waals surface area contributed by atoms with Gasteiger partial charge < -0.3 is 18.9 Å². The molecule has 0 saturated carbocycles. The summed E-state index contributed by atoms with van der Waals surface area (Å²) in [6, 6.07) is 39.8. The second-order valence-electron chi connectivity index (χ2n) is 9.41. The lowest BCUT2D eigenvalue weighted by molar-refractivity contribution is -0.248. The Labute approximate surface area is 234 Å². The Balaban J connectivity index is 1.44. The molecule has 1 aliphatic heterocycles. The summed E-state index contributed by atoms with van der Waals surface area (Å²) in [5, 5.41) is 0. The van der Waals surface area contributed by atoms with Crippen molar-refractivity contribution in [3.05, 3.63) is 138 Å². The number of alkyl halides is 1. The van der Waals surface area contributed by atoms with E-state index in [2.05, 4.69) is 0 Å². The SMILES string of the molecule is FC[C@H]1O[C@H](Sc2ccccc2)[C@@H](OCc2ccccc2)[C@@H](OCc2ccccc2)[C@@H]1OCc1ccccc1. The largest absolute Gasteiger partial charge is 0.368 e. The first-order valence-corrected chi connectivity index (χ1v) is 14.1. The molecule has 0 amide bonds. The predicted octanol–water partition coefficient (Wildman–Crippen LogP) is 7.23. The third-order valence-electron chi connectivity index (χ3n) is 6.59. The highest BCUT2D eigenvalue weighted by atomic mass is 32.2. The van der Waals surface area contributed by atoms with Crippen molar-refractivity contribution in [3.8, 4) is 0 Å². The van der Waals surface area contributed by atoms with E-state index in [9.17, 15) is 4.39 Å². The Morgan fingerprint density at radius 1 is 0.538 bits per heavy atom. The van der Waals surface area contributed by atoms with Crippen LogP contribution in [0.15, 0.2) is 126 Å². The van der Waals surface area contributed by atoms with Gasteiger partial charge in [0.1, 0.15) is 36.5 Å². The number of ether oxygens (including phenoxy) is 4. The summed E-state index contributed by atoms with van der Waals surface area (Å²) in [7, 11) is 0. The van der Waals surface area contributed by atoms with E-state index >= 15 is 0 Å². The summed E-state index contributed by atoms with van der Waals surface area (Å²) in [4.78, 5) is 1.01. The minimum absolute atomic E-state index is 0.318. The average Bonchev–Trinajstić information content (AvgIpc) is 3.00. The normalized spacial score (nSPS) is 22.9. The van der Waals surface area contributed by atoms with Gasteiger partial charge in [0, 0.05) is 4.90 Å². The summed E-state index contributed by atoms with van der Waals surface area (Å²) in [5.74, 6) is 0. The molecule has 0 unspecified atom stereocenters. The first kappa shape index (κ1) is 27.6. The molecule has 0 N–H and O–H groups in total. The topological polar surface area (TPSA) is 36.9 Å². The van der Waals surface area contributed by atoms with Crippen LogP contribution in [0.3, 0.4) is 0 Å². The molecule has 4 aromatic carbocycles. The zero-order valence-corrected chi connectivity index (χ0v) is 22.5. The van der Waals surface area contributed by atoms with Crippen LogP contribution in [0.25, 0.3) is 0 Å². The van der Waals surface area contributed by atoms with Gasteiger partial charge in [-0.15, -0.1) is 0 Å². The molecule has 5 rings (SSSR count). The quantitative estimate of drug-likeness (QED) is 0.188. The lowest BCUT2D eigenvalue weighted by Gasteiger charge is -2.45. The summed E-state index contributed by atoms with van der Waals surface area (Å²) >= 11 is 1.52. The summed E-state index contributed by atoms with van der Waals surface area (Å²) in [6.45, 7) is 0.349. The molecule has 1 saturated heterocycles. The van der Waals surface area contributed by atoms with Crippen LogP contribution in [0.2, 0.25) is 0 Å². The van der Waals surface area contributed by atoms with E-state index in [-0.39, 0.29) is 0 Å². The van der Waals surface area contributed by atoms with Crippen LogP contribution in [-0.4, -0.2) is 36.5 Å². The van der Waals surface area contributed by atoms with Crippen molar-refractivity contribution >= 4 is 11.8 Å². The summed E-state index contributed by atoms with van der Waals surface area (Å²) in [6.07, 6.45) is -2.53. The van der Waals surface area contributed by atoms with Crippen molar-refractivity contribution in [2.24, 2.45) is 0 Å². The Morgan fingerprint density at radius 3 is 1.41 bits per heavy atom. The Morgan fingerprint density at radius 2 is 0.949 bits per heavy atom. The van der Waals surface area contributed by atoms with Crippen LogP contribution in [0.5, 0.6) is 0 Å². The molecule has 1 heterocycles. The molecule has 0 spiro atoms. The van der Waals surface area contributed by atoms with Gasteiger partial charge in [-0.3, -0.25) is 0 Å². The van der Waals surface area contributed by atoms with E-state index in [1.807, 2.05) is 121 Å². The summed E-state index contributed by atoms with van der Waals surface area (Å²) < 4.78 is 40.4. The van der Waals surface area contributed by atoms with E-state index < -0.39 is 36.5 Å². The summed E-state index contributed by atoms with van der Waals surface area (Å²) in [5.41, 5.74) is 2.57. The zero-order valence-electron chi connectivity index (χ0n) is 21.7. The minimum atomic E-state index is -0.799. The molecular formula is C33H33FO4S. The molecule has 0 bridgehead atoms. The van der Waals surface area contributed by atoms with Gasteiger partial charge in [-0.25, -0.2) is 4.39 Å². The van der Waals surface area contributed by atoms with Crippen LogP contribution >= 0.6 is 11.8 Å². The highest BCUT2D eigenvalue weighted by Gasteiger charge is 2.48. The van der Waals surface area contributed by atoms with Crippen LogP contribution in [-0.2, 0) is 38.8 Å². The lowest BCUT2D eigenvalue weighted by atomic mass is 9.99. The number of hydrogen-bond acceptors (Lipinski definition) is 5. The second kappa shape index (κ2) is 14.4. The second-order valence-corrected chi connectivity index (χ2v) is 10.6. The molecule has 0 radical (unpaired) electrons. The van der Waals surface area contributed by atoms with Crippen molar-refractivity contribution in [1.82, 2.24) is 0 Å². The number of benzene rings is 4. The molecule has 6 heteroatoms. The smallest absolute Gasteiger partial charge is 0.137 e. The van der Waals surface area contributed by atoms with E-state index in [0.29, 0.717) is 19.8 Å². The van der Waals surface area contributed by atoms with Gasteiger partial charge in [-0.1, -0.05) is 121 Å². The van der Waals surface area contributed by atoms with Gasteiger partial charge in [-0.05, 0) is 28.8 Å². The van der Waals surface area contributed by atoms with Gasteiger partial charge in [0.2, 0.25) is 0 Å². The van der Waals surface area contributed by atoms with Crippen LogP contribution in [0, 0.1) is 0 Å². The standard InChI is InChI=1S/C33H33FO4S/c34-21-29-30(35-22-25-13-5-1-6-14-25)31(36-23-26-15-7-2-8-16-26)32(37-24-27-17-9-3-10-18-27)33(38-29)39-28-19-11-4-12-20-28/h1-20,29-33H,21-24H2/t29-,30-,31+,32+,33-/m1/s1. The highest BCUT2D eigenvalue weighted by Crippen LogP contribution is 2.38. The van der Waals surface area contributed by atoms with Gasteiger partial charge in [0.15, 0.2) is 0 Å².